The van der Waals surface area contributed by atoms with Gasteiger partial charge in [-0.2, -0.15) is 5.10 Å². The van der Waals surface area contributed by atoms with Crippen LogP contribution < -0.4 is 4.74 Å². The van der Waals surface area contributed by atoms with Crippen molar-refractivity contribution in [1.82, 2.24) is 14.7 Å². The standard InChI is InChI=1S/C29H33N3O2S2/c1-3-5-6-7-11-18-31-28(33)26(36-29(31)35)20-23-21-32(24-12-9-8-10-13-24)30-27(23)22-14-16-25(17-15-22)34-19-4-2/h8-10,12-17,20-21H,3-7,11,18-19H2,1-2H3/b26-20-. The third-order valence-corrected chi connectivity index (χ3v) is 7.39. The third-order valence-electron chi connectivity index (χ3n) is 6.01. The fourth-order valence-corrected chi connectivity index (χ4v) is 5.37. The predicted octanol–water partition coefficient (Wildman–Crippen LogP) is 7.50. The maximum atomic E-state index is 13.2. The molecule has 2 heterocycles. The van der Waals surface area contributed by atoms with E-state index in [1.807, 2.05) is 71.6 Å². The average Bonchev–Trinajstić information content (AvgIpc) is 3.44. The molecule has 4 rings (SSSR count). The number of carbonyl (C=O) groups excluding carboxylic acids is 1. The zero-order chi connectivity index (χ0) is 25.3. The first-order valence-corrected chi connectivity index (χ1v) is 14.0. The van der Waals surface area contributed by atoms with Gasteiger partial charge in [-0.3, -0.25) is 9.69 Å². The highest BCUT2D eigenvalue weighted by atomic mass is 32.2. The molecule has 1 amide bonds. The number of thiocarbonyl (C=S) groups is 1. The van der Waals surface area contributed by atoms with Crippen molar-refractivity contribution in [2.24, 2.45) is 0 Å². The molecule has 0 bridgehead atoms. The van der Waals surface area contributed by atoms with Gasteiger partial charge in [-0.25, -0.2) is 4.68 Å². The van der Waals surface area contributed by atoms with E-state index in [0.717, 1.165) is 47.5 Å². The second-order valence-corrected chi connectivity index (χ2v) is 10.5. The van der Waals surface area contributed by atoms with Gasteiger partial charge in [-0.05, 0) is 55.3 Å². The highest BCUT2D eigenvalue weighted by Gasteiger charge is 2.32. The van der Waals surface area contributed by atoms with Crippen molar-refractivity contribution in [3.05, 3.63) is 71.3 Å². The number of thioether (sulfide) groups is 1. The van der Waals surface area contributed by atoms with Crippen LogP contribution in [0.2, 0.25) is 0 Å². The quantitative estimate of drug-likeness (QED) is 0.141. The maximum Gasteiger partial charge on any atom is 0.266 e. The molecule has 0 N–H and O–H groups in total. The number of benzene rings is 2. The van der Waals surface area contributed by atoms with E-state index < -0.39 is 0 Å². The summed E-state index contributed by atoms with van der Waals surface area (Å²) in [6.45, 7) is 5.66. The molecular formula is C29H33N3O2S2. The fourth-order valence-electron chi connectivity index (χ4n) is 4.07. The molecule has 36 heavy (non-hydrogen) atoms. The highest BCUT2D eigenvalue weighted by molar-refractivity contribution is 8.26. The molecular weight excluding hydrogens is 486 g/mol. The normalized spacial score (nSPS) is 14.7. The van der Waals surface area contributed by atoms with E-state index in [1.165, 1.54) is 31.0 Å². The Balaban J connectivity index is 1.61. The lowest BCUT2D eigenvalue weighted by Gasteiger charge is -2.13. The molecule has 0 spiro atoms. The number of unbranched alkanes of at least 4 members (excludes halogenated alkanes) is 4. The summed E-state index contributed by atoms with van der Waals surface area (Å²) < 4.78 is 8.24. The number of hydrogen-bond donors (Lipinski definition) is 0. The van der Waals surface area contributed by atoms with E-state index in [-0.39, 0.29) is 5.91 Å². The van der Waals surface area contributed by atoms with Gasteiger partial charge in [-0.1, -0.05) is 81.7 Å². The Bertz CT molecular complexity index is 1200. The van der Waals surface area contributed by atoms with Crippen molar-refractivity contribution in [3.63, 3.8) is 0 Å². The summed E-state index contributed by atoms with van der Waals surface area (Å²) in [4.78, 5) is 15.6. The molecule has 1 fully saturated rings. The summed E-state index contributed by atoms with van der Waals surface area (Å²) in [5, 5.41) is 4.89. The number of amides is 1. The second kappa shape index (κ2) is 12.9. The van der Waals surface area contributed by atoms with Crippen molar-refractivity contribution in [3.8, 4) is 22.7 Å². The van der Waals surface area contributed by atoms with Crippen molar-refractivity contribution < 1.29 is 9.53 Å². The predicted molar refractivity (Wildman–Crippen MR) is 153 cm³/mol. The summed E-state index contributed by atoms with van der Waals surface area (Å²) in [6.07, 6.45) is 10.6. The topological polar surface area (TPSA) is 47.4 Å². The van der Waals surface area contributed by atoms with Crippen LogP contribution in [0.1, 0.15) is 57.9 Å². The van der Waals surface area contributed by atoms with Crippen LogP contribution in [0.15, 0.2) is 65.7 Å². The van der Waals surface area contributed by atoms with Gasteiger partial charge in [0, 0.05) is 23.9 Å². The molecule has 1 aromatic heterocycles. The van der Waals surface area contributed by atoms with Crippen molar-refractivity contribution >= 4 is 40.3 Å². The third kappa shape index (κ3) is 6.45. The summed E-state index contributed by atoms with van der Waals surface area (Å²) >= 11 is 6.94. The van der Waals surface area contributed by atoms with E-state index in [0.29, 0.717) is 22.4 Å². The minimum atomic E-state index is -0.0118. The number of aromatic nitrogens is 2. The molecule has 1 aliphatic heterocycles. The summed E-state index contributed by atoms with van der Waals surface area (Å²) in [7, 11) is 0. The molecule has 0 unspecified atom stereocenters. The number of para-hydroxylation sites is 1. The molecule has 0 radical (unpaired) electrons. The summed E-state index contributed by atoms with van der Waals surface area (Å²) in [6, 6.07) is 18.0. The van der Waals surface area contributed by atoms with Gasteiger partial charge in [0.25, 0.3) is 5.91 Å². The maximum absolute atomic E-state index is 13.2. The number of carbonyl (C=O) groups is 1. The van der Waals surface area contributed by atoms with E-state index in [4.69, 9.17) is 22.1 Å². The first kappa shape index (κ1) is 26.2. The van der Waals surface area contributed by atoms with Gasteiger partial charge in [0.05, 0.1) is 22.9 Å². The zero-order valence-electron chi connectivity index (χ0n) is 21.0. The second-order valence-electron chi connectivity index (χ2n) is 8.83. The van der Waals surface area contributed by atoms with Gasteiger partial charge >= 0.3 is 0 Å². The average molecular weight is 520 g/mol. The van der Waals surface area contributed by atoms with Crippen LogP contribution in [0.4, 0.5) is 0 Å². The molecule has 1 saturated heterocycles. The smallest absolute Gasteiger partial charge is 0.266 e. The van der Waals surface area contributed by atoms with Crippen LogP contribution in [0.3, 0.4) is 0 Å². The van der Waals surface area contributed by atoms with Crippen LogP contribution in [0.5, 0.6) is 5.75 Å². The molecule has 2 aromatic carbocycles. The molecule has 0 atom stereocenters. The largest absolute Gasteiger partial charge is 0.494 e. The lowest BCUT2D eigenvalue weighted by atomic mass is 10.1. The molecule has 3 aromatic rings. The molecule has 188 valence electrons. The van der Waals surface area contributed by atoms with Crippen molar-refractivity contribution in [2.45, 2.75) is 52.4 Å². The minimum absolute atomic E-state index is 0.0118. The Morgan fingerprint density at radius 3 is 2.44 bits per heavy atom. The van der Waals surface area contributed by atoms with Crippen LogP contribution >= 0.6 is 24.0 Å². The number of rotatable bonds is 12. The van der Waals surface area contributed by atoms with Gasteiger partial charge in [0.1, 0.15) is 10.1 Å². The van der Waals surface area contributed by atoms with Crippen LogP contribution in [-0.4, -0.2) is 38.1 Å². The lowest BCUT2D eigenvalue weighted by molar-refractivity contribution is -0.122. The van der Waals surface area contributed by atoms with Gasteiger partial charge < -0.3 is 4.74 Å². The highest BCUT2D eigenvalue weighted by Crippen LogP contribution is 2.35. The Morgan fingerprint density at radius 2 is 1.72 bits per heavy atom. The van der Waals surface area contributed by atoms with Crippen LogP contribution in [0, 0.1) is 0 Å². The van der Waals surface area contributed by atoms with Crippen molar-refractivity contribution in [1.29, 1.82) is 0 Å². The Hall–Kier alpha value is -2.90. The number of nitrogens with zero attached hydrogens (tertiary/aromatic N) is 3. The van der Waals surface area contributed by atoms with Crippen LogP contribution in [0.25, 0.3) is 23.0 Å². The Morgan fingerprint density at radius 1 is 0.972 bits per heavy atom. The van der Waals surface area contributed by atoms with E-state index in [1.54, 1.807) is 4.90 Å². The number of hydrogen-bond acceptors (Lipinski definition) is 5. The minimum Gasteiger partial charge on any atom is -0.494 e. The first-order chi connectivity index (χ1) is 17.6. The summed E-state index contributed by atoms with van der Waals surface area (Å²) in [5.74, 6) is 0.826. The molecule has 1 aliphatic rings. The van der Waals surface area contributed by atoms with E-state index in [2.05, 4.69) is 13.8 Å². The van der Waals surface area contributed by atoms with E-state index in [9.17, 15) is 4.79 Å². The lowest BCUT2D eigenvalue weighted by Crippen LogP contribution is -2.29. The fraction of sp³-hybridized carbons (Fsp3) is 0.345. The Labute approximate surface area is 223 Å². The van der Waals surface area contributed by atoms with Gasteiger partial charge in [0.2, 0.25) is 0 Å². The summed E-state index contributed by atoms with van der Waals surface area (Å²) in [5.41, 5.74) is 3.61. The molecule has 5 nitrogen and oxygen atoms in total. The monoisotopic (exact) mass is 519 g/mol. The van der Waals surface area contributed by atoms with Crippen molar-refractivity contribution in [2.75, 3.05) is 13.2 Å². The SMILES string of the molecule is CCCCCCCN1C(=O)/C(=C/c2cn(-c3ccccc3)nc2-c2ccc(OCCC)cc2)SC1=S. The Kier molecular flexibility index (Phi) is 9.36. The molecule has 7 heteroatoms. The van der Waals surface area contributed by atoms with Crippen LogP contribution in [-0.2, 0) is 4.79 Å². The van der Waals surface area contributed by atoms with Gasteiger partial charge in [-0.15, -0.1) is 0 Å². The zero-order valence-corrected chi connectivity index (χ0v) is 22.6. The molecule has 0 aliphatic carbocycles. The van der Waals surface area contributed by atoms with E-state index >= 15 is 0 Å². The van der Waals surface area contributed by atoms with Gasteiger partial charge in [0.15, 0.2) is 0 Å². The molecule has 0 saturated carbocycles. The first-order valence-electron chi connectivity index (χ1n) is 12.7. The number of ether oxygens (including phenoxy) is 1.